The van der Waals surface area contributed by atoms with E-state index in [1.807, 2.05) is 10.6 Å². The largest absolute Gasteiger partial charge is 0.496 e. The van der Waals surface area contributed by atoms with E-state index in [2.05, 4.69) is 4.99 Å². The Morgan fingerprint density at radius 2 is 1.77 bits per heavy atom. The number of methoxy groups -OCH3 is 3. The van der Waals surface area contributed by atoms with Crippen molar-refractivity contribution in [3.8, 4) is 11.5 Å². The van der Waals surface area contributed by atoms with Crippen LogP contribution >= 0.6 is 11.3 Å². The van der Waals surface area contributed by atoms with Crippen molar-refractivity contribution in [1.82, 2.24) is 4.57 Å². The van der Waals surface area contributed by atoms with Crippen LogP contribution in [-0.4, -0.2) is 51.0 Å². The van der Waals surface area contributed by atoms with Crippen LogP contribution in [0.3, 0.4) is 0 Å². The van der Waals surface area contributed by atoms with Crippen LogP contribution in [0.5, 0.6) is 11.5 Å². The van der Waals surface area contributed by atoms with Crippen molar-refractivity contribution in [3.63, 3.8) is 0 Å². The average molecular weight is 445 g/mol. The van der Waals surface area contributed by atoms with Gasteiger partial charge in [0.15, 0.2) is 4.80 Å². The van der Waals surface area contributed by atoms with Crippen LogP contribution in [0.15, 0.2) is 41.4 Å². The molecule has 0 radical (unpaired) electrons. The maximum absolute atomic E-state index is 13.1. The quantitative estimate of drug-likeness (QED) is 0.496. The topological polar surface area (TPSA) is 88.4 Å². The Hall–Kier alpha value is -3.17. The lowest BCUT2D eigenvalue weighted by atomic mass is 10.1. The Bertz CT molecular complexity index is 1140. The second kappa shape index (κ2) is 10.2. The number of benzene rings is 2. The molecule has 0 spiro atoms. The van der Waals surface area contributed by atoms with Gasteiger partial charge in [-0.2, -0.15) is 4.99 Å². The van der Waals surface area contributed by atoms with E-state index >= 15 is 0 Å². The fourth-order valence-corrected chi connectivity index (χ4v) is 4.20. The van der Waals surface area contributed by atoms with Gasteiger partial charge in [0.1, 0.15) is 17.1 Å². The monoisotopic (exact) mass is 444 g/mol. The number of rotatable bonds is 8. The van der Waals surface area contributed by atoms with Crippen molar-refractivity contribution in [2.45, 2.75) is 13.5 Å². The van der Waals surface area contributed by atoms with Gasteiger partial charge in [-0.05, 0) is 37.3 Å². The molecule has 3 aromatic rings. The first-order chi connectivity index (χ1) is 15.0. The minimum Gasteiger partial charge on any atom is -0.496 e. The standard InChI is InChI=1S/C22H24N2O6S/c1-5-30-21(26)14-9-10-15-18(13-14)31-22(24(15)11-12-27-2)23-20(25)19-16(28-3)7-6-8-17(19)29-4/h6-10,13H,5,11-12H2,1-4H3. The lowest BCUT2D eigenvalue weighted by molar-refractivity contribution is 0.0526. The number of aromatic nitrogens is 1. The maximum Gasteiger partial charge on any atom is 0.338 e. The molecule has 0 bridgehead atoms. The van der Waals surface area contributed by atoms with Gasteiger partial charge in [-0.25, -0.2) is 4.79 Å². The molecule has 0 N–H and O–H groups in total. The molecule has 8 nitrogen and oxygen atoms in total. The fraction of sp³-hybridized carbons (Fsp3) is 0.318. The minimum atomic E-state index is -0.488. The molecule has 0 atom stereocenters. The van der Waals surface area contributed by atoms with Crippen LogP contribution in [0.1, 0.15) is 27.6 Å². The van der Waals surface area contributed by atoms with Crippen LogP contribution in [0.25, 0.3) is 10.2 Å². The lowest BCUT2D eigenvalue weighted by Gasteiger charge is -2.10. The molecule has 0 aliphatic rings. The normalized spacial score (nSPS) is 11.5. The Balaban J connectivity index is 2.15. The van der Waals surface area contributed by atoms with E-state index in [1.54, 1.807) is 44.4 Å². The summed E-state index contributed by atoms with van der Waals surface area (Å²) in [5, 5.41) is 0. The second-order valence-electron chi connectivity index (χ2n) is 6.39. The molecule has 0 aliphatic carbocycles. The molecule has 31 heavy (non-hydrogen) atoms. The molecule has 164 valence electrons. The zero-order valence-electron chi connectivity index (χ0n) is 17.8. The predicted octanol–water partition coefficient (Wildman–Crippen LogP) is 3.28. The van der Waals surface area contributed by atoms with E-state index in [-0.39, 0.29) is 5.56 Å². The number of thiazole rings is 1. The minimum absolute atomic E-state index is 0.246. The Kier molecular flexibility index (Phi) is 7.43. The molecule has 0 aliphatic heterocycles. The molecule has 1 aromatic heterocycles. The number of hydrogen-bond acceptors (Lipinski definition) is 7. The number of carbonyl (C=O) groups excluding carboxylic acids is 2. The van der Waals surface area contributed by atoms with Crippen molar-refractivity contribution in [3.05, 3.63) is 52.3 Å². The molecule has 9 heteroatoms. The SMILES string of the molecule is CCOC(=O)c1ccc2c(c1)sc(=NC(=O)c1c(OC)cccc1OC)n2CCOC. The maximum atomic E-state index is 13.1. The van der Waals surface area contributed by atoms with E-state index in [0.717, 1.165) is 10.2 Å². The molecular formula is C22H24N2O6S. The summed E-state index contributed by atoms with van der Waals surface area (Å²) < 4.78 is 23.7. The summed E-state index contributed by atoms with van der Waals surface area (Å²) in [6.45, 7) is 2.98. The summed E-state index contributed by atoms with van der Waals surface area (Å²) in [6, 6.07) is 10.4. The van der Waals surface area contributed by atoms with Gasteiger partial charge < -0.3 is 23.5 Å². The van der Waals surface area contributed by atoms with E-state index in [1.165, 1.54) is 25.6 Å². The van der Waals surface area contributed by atoms with E-state index in [0.29, 0.717) is 41.6 Å². The number of ether oxygens (including phenoxy) is 4. The second-order valence-corrected chi connectivity index (χ2v) is 7.40. The third-order valence-corrected chi connectivity index (χ3v) is 5.59. The van der Waals surface area contributed by atoms with Gasteiger partial charge >= 0.3 is 5.97 Å². The van der Waals surface area contributed by atoms with Gasteiger partial charge in [-0.3, -0.25) is 4.79 Å². The predicted molar refractivity (Wildman–Crippen MR) is 117 cm³/mol. The summed E-state index contributed by atoms with van der Waals surface area (Å²) in [4.78, 5) is 30.0. The van der Waals surface area contributed by atoms with Crippen molar-refractivity contribution < 1.29 is 28.5 Å². The third kappa shape index (κ3) is 4.78. The van der Waals surface area contributed by atoms with Crippen LogP contribution in [0.4, 0.5) is 0 Å². The molecule has 0 unspecified atom stereocenters. The highest BCUT2D eigenvalue weighted by Gasteiger charge is 2.19. The molecule has 0 saturated carbocycles. The average Bonchev–Trinajstić information content (AvgIpc) is 3.12. The van der Waals surface area contributed by atoms with Crippen molar-refractivity contribution in [2.75, 3.05) is 34.5 Å². The Morgan fingerprint density at radius 1 is 1.06 bits per heavy atom. The number of fused-ring (bicyclic) bond motifs is 1. The molecular weight excluding hydrogens is 420 g/mol. The molecule has 2 aromatic carbocycles. The third-order valence-electron chi connectivity index (χ3n) is 4.55. The van der Waals surface area contributed by atoms with Gasteiger partial charge in [0.05, 0.1) is 43.2 Å². The zero-order valence-corrected chi connectivity index (χ0v) is 18.7. The van der Waals surface area contributed by atoms with Gasteiger partial charge in [0, 0.05) is 13.7 Å². The van der Waals surface area contributed by atoms with E-state index < -0.39 is 11.9 Å². The number of hydrogen-bond donors (Lipinski definition) is 0. The number of esters is 1. The molecule has 0 saturated heterocycles. The summed E-state index contributed by atoms with van der Waals surface area (Å²) in [6.07, 6.45) is 0. The first-order valence-electron chi connectivity index (χ1n) is 9.63. The number of carbonyl (C=O) groups is 2. The first-order valence-corrected chi connectivity index (χ1v) is 10.4. The smallest absolute Gasteiger partial charge is 0.338 e. The molecule has 1 heterocycles. The van der Waals surface area contributed by atoms with Crippen LogP contribution in [0, 0.1) is 0 Å². The highest BCUT2D eigenvalue weighted by molar-refractivity contribution is 7.16. The van der Waals surface area contributed by atoms with Gasteiger partial charge in [-0.15, -0.1) is 0 Å². The molecule has 3 rings (SSSR count). The van der Waals surface area contributed by atoms with Crippen molar-refractivity contribution in [1.29, 1.82) is 0 Å². The summed E-state index contributed by atoms with van der Waals surface area (Å²) >= 11 is 1.30. The highest BCUT2D eigenvalue weighted by Crippen LogP contribution is 2.29. The fourth-order valence-electron chi connectivity index (χ4n) is 3.10. The number of nitrogens with zero attached hydrogens (tertiary/aromatic N) is 2. The van der Waals surface area contributed by atoms with Crippen LogP contribution < -0.4 is 14.3 Å². The number of amides is 1. The summed E-state index contributed by atoms with van der Waals surface area (Å²) in [5.74, 6) is -0.128. The summed E-state index contributed by atoms with van der Waals surface area (Å²) in [7, 11) is 4.58. The van der Waals surface area contributed by atoms with Crippen molar-refractivity contribution in [2.24, 2.45) is 4.99 Å². The lowest BCUT2D eigenvalue weighted by Crippen LogP contribution is -2.19. The van der Waals surface area contributed by atoms with Gasteiger partial charge in [0.2, 0.25) is 0 Å². The van der Waals surface area contributed by atoms with E-state index in [4.69, 9.17) is 18.9 Å². The first kappa shape index (κ1) is 22.5. The Morgan fingerprint density at radius 3 is 2.39 bits per heavy atom. The summed E-state index contributed by atoms with van der Waals surface area (Å²) in [5.41, 5.74) is 1.53. The van der Waals surface area contributed by atoms with Crippen LogP contribution in [-0.2, 0) is 16.0 Å². The molecule has 1 amide bonds. The van der Waals surface area contributed by atoms with Crippen molar-refractivity contribution >= 4 is 33.4 Å². The highest BCUT2D eigenvalue weighted by atomic mass is 32.1. The van der Waals surface area contributed by atoms with Gasteiger partial charge in [-0.1, -0.05) is 17.4 Å². The Labute approximate surface area is 183 Å². The van der Waals surface area contributed by atoms with E-state index in [9.17, 15) is 9.59 Å². The van der Waals surface area contributed by atoms with Crippen LogP contribution in [0.2, 0.25) is 0 Å². The molecule has 0 fully saturated rings. The zero-order chi connectivity index (χ0) is 22.4. The van der Waals surface area contributed by atoms with Gasteiger partial charge in [0.25, 0.3) is 5.91 Å².